The van der Waals surface area contributed by atoms with E-state index in [1.165, 1.54) is 19.3 Å². The minimum absolute atomic E-state index is 0.199. The van der Waals surface area contributed by atoms with Crippen molar-refractivity contribution in [2.75, 3.05) is 13.1 Å². The molecule has 0 spiro atoms. The van der Waals surface area contributed by atoms with Gasteiger partial charge < -0.3 is 10.0 Å². The Bertz CT molecular complexity index is 281. The fourth-order valence-electron chi connectivity index (χ4n) is 2.80. The van der Waals surface area contributed by atoms with E-state index in [-0.39, 0.29) is 11.5 Å². The summed E-state index contributed by atoms with van der Waals surface area (Å²) in [6.07, 6.45) is 6.51. The number of nitrogens with zero attached hydrogens (tertiary/aromatic N) is 2. The number of hydrogen-bond acceptors (Lipinski definition) is 3. The van der Waals surface area contributed by atoms with Crippen LogP contribution in [-0.4, -0.2) is 35.2 Å². The summed E-state index contributed by atoms with van der Waals surface area (Å²) in [5.41, 5.74) is -0.199. The summed E-state index contributed by atoms with van der Waals surface area (Å²) in [5, 5.41) is 18.6. The van der Waals surface area contributed by atoms with E-state index in [1.54, 1.807) is 0 Å². The zero-order valence-electron chi connectivity index (χ0n) is 12.2. The molecule has 1 aliphatic rings. The Hall–Kier alpha value is -0.590. The largest absolute Gasteiger partial charge is 0.393 e. The molecule has 2 atom stereocenters. The van der Waals surface area contributed by atoms with Crippen LogP contribution >= 0.6 is 0 Å². The molecular weight excluding hydrogens is 224 g/mol. The zero-order valence-corrected chi connectivity index (χ0v) is 12.2. The van der Waals surface area contributed by atoms with Crippen LogP contribution in [0.5, 0.6) is 0 Å². The molecule has 0 amide bonds. The molecule has 1 rings (SSSR count). The van der Waals surface area contributed by atoms with Crippen molar-refractivity contribution in [3.05, 3.63) is 0 Å². The van der Waals surface area contributed by atoms with E-state index in [0.29, 0.717) is 6.04 Å². The van der Waals surface area contributed by atoms with E-state index in [0.717, 1.165) is 32.4 Å². The maximum absolute atomic E-state index is 9.55. The molecule has 0 aromatic heterocycles. The molecule has 1 N–H and O–H groups in total. The highest BCUT2D eigenvalue weighted by atomic mass is 16.3. The standard InChI is InChI=1S/C15H28N2O/c1-13(18)11-14-7-4-5-9-17(14)10-6-8-15(2,3)12-16/h13-14,18H,4-11H2,1-3H3. The molecule has 3 heteroatoms. The molecule has 0 radical (unpaired) electrons. The van der Waals surface area contributed by atoms with Gasteiger partial charge in [-0.2, -0.15) is 5.26 Å². The third-order valence-electron chi connectivity index (χ3n) is 3.91. The van der Waals surface area contributed by atoms with Gasteiger partial charge in [0.2, 0.25) is 0 Å². The van der Waals surface area contributed by atoms with Gasteiger partial charge in [-0.1, -0.05) is 6.42 Å². The monoisotopic (exact) mass is 252 g/mol. The third kappa shape index (κ3) is 5.37. The summed E-state index contributed by atoms with van der Waals surface area (Å²) < 4.78 is 0. The number of piperidine rings is 1. The van der Waals surface area contributed by atoms with E-state index < -0.39 is 0 Å². The second-order valence-electron chi connectivity index (χ2n) is 6.37. The fraction of sp³-hybridized carbons (Fsp3) is 0.933. The molecule has 1 aliphatic heterocycles. The van der Waals surface area contributed by atoms with Crippen LogP contribution in [0.2, 0.25) is 0 Å². The molecule has 104 valence electrons. The summed E-state index contributed by atoms with van der Waals surface area (Å²) in [5.74, 6) is 0. The molecule has 0 aliphatic carbocycles. The first-order chi connectivity index (χ1) is 8.44. The van der Waals surface area contributed by atoms with E-state index >= 15 is 0 Å². The lowest BCUT2D eigenvalue weighted by atomic mass is 9.89. The number of nitriles is 1. The van der Waals surface area contributed by atoms with Crippen molar-refractivity contribution >= 4 is 0 Å². The van der Waals surface area contributed by atoms with Crippen molar-refractivity contribution in [2.45, 2.75) is 71.4 Å². The normalized spacial score (nSPS) is 23.6. The number of hydrogen-bond donors (Lipinski definition) is 1. The Morgan fingerprint density at radius 1 is 1.44 bits per heavy atom. The Morgan fingerprint density at radius 3 is 2.78 bits per heavy atom. The van der Waals surface area contributed by atoms with Gasteiger partial charge in [-0.3, -0.25) is 0 Å². The first-order valence-electron chi connectivity index (χ1n) is 7.28. The first-order valence-corrected chi connectivity index (χ1v) is 7.28. The van der Waals surface area contributed by atoms with Gasteiger partial charge in [0.1, 0.15) is 0 Å². The van der Waals surface area contributed by atoms with Gasteiger partial charge in [0, 0.05) is 6.04 Å². The van der Waals surface area contributed by atoms with Crippen LogP contribution in [0.1, 0.15) is 59.3 Å². The maximum atomic E-state index is 9.55. The summed E-state index contributed by atoms with van der Waals surface area (Å²) in [4.78, 5) is 2.52. The molecule has 1 saturated heterocycles. The van der Waals surface area contributed by atoms with Gasteiger partial charge in [-0.15, -0.1) is 0 Å². The van der Waals surface area contributed by atoms with Gasteiger partial charge in [-0.25, -0.2) is 0 Å². The van der Waals surface area contributed by atoms with Crippen molar-refractivity contribution in [2.24, 2.45) is 5.41 Å². The highest BCUT2D eigenvalue weighted by Crippen LogP contribution is 2.24. The predicted molar refractivity (Wildman–Crippen MR) is 74.1 cm³/mol. The van der Waals surface area contributed by atoms with Crippen LogP contribution < -0.4 is 0 Å². The van der Waals surface area contributed by atoms with E-state index in [9.17, 15) is 5.11 Å². The molecule has 2 unspecified atom stereocenters. The first kappa shape index (κ1) is 15.5. The average Bonchev–Trinajstić information content (AvgIpc) is 2.30. The Labute approximate surface area is 112 Å². The number of aliphatic hydroxyl groups is 1. The highest BCUT2D eigenvalue weighted by molar-refractivity contribution is 4.91. The van der Waals surface area contributed by atoms with Gasteiger partial charge in [0.05, 0.1) is 17.6 Å². The number of likely N-dealkylation sites (tertiary alicyclic amines) is 1. The second-order valence-corrected chi connectivity index (χ2v) is 6.37. The van der Waals surface area contributed by atoms with Gasteiger partial charge >= 0.3 is 0 Å². The Morgan fingerprint density at radius 2 is 2.17 bits per heavy atom. The minimum Gasteiger partial charge on any atom is -0.393 e. The lowest BCUT2D eigenvalue weighted by Gasteiger charge is -2.36. The van der Waals surface area contributed by atoms with Crippen LogP contribution in [0.25, 0.3) is 0 Å². The summed E-state index contributed by atoms with van der Waals surface area (Å²) in [7, 11) is 0. The van der Waals surface area contributed by atoms with E-state index in [4.69, 9.17) is 5.26 Å². The number of rotatable bonds is 6. The van der Waals surface area contributed by atoms with Crippen molar-refractivity contribution in [3.63, 3.8) is 0 Å². The Balaban J connectivity index is 2.36. The molecule has 1 fully saturated rings. The van der Waals surface area contributed by atoms with Gasteiger partial charge in [0.25, 0.3) is 0 Å². The third-order valence-corrected chi connectivity index (χ3v) is 3.91. The molecule has 0 saturated carbocycles. The SMILES string of the molecule is CC(O)CC1CCCCN1CCCC(C)(C)C#N. The van der Waals surface area contributed by atoms with Crippen molar-refractivity contribution in [1.82, 2.24) is 4.90 Å². The molecule has 1 heterocycles. The molecular formula is C15H28N2O. The Kier molecular flexibility index (Phi) is 6.11. The van der Waals surface area contributed by atoms with Crippen LogP contribution in [0, 0.1) is 16.7 Å². The zero-order chi connectivity index (χ0) is 13.6. The van der Waals surface area contributed by atoms with Crippen LogP contribution in [0.15, 0.2) is 0 Å². The lowest BCUT2D eigenvalue weighted by Crippen LogP contribution is -2.41. The lowest BCUT2D eigenvalue weighted by molar-refractivity contribution is 0.0842. The summed E-state index contributed by atoms with van der Waals surface area (Å²) in [6.45, 7) is 8.13. The van der Waals surface area contributed by atoms with Crippen LogP contribution in [0.3, 0.4) is 0 Å². The molecule has 0 bridgehead atoms. The average molecular weight is 252 g/mol. The van der Waals surface area contributed by atoms with Crippen molar-refractivity contribution < 1.29 is 5.11 Å². The molecule has 3 nitrogen and oxygen atoms in total. The predicted octanol–water partition coefficient (Wildman–Crippen LogP) is 2.94. The molecule has 0 aromatic rings. The quantitative estimate of drug-likeness (QED) is 0.790. The van der Waals surface area contributed by atoms with Gasteiger partial charge in [-0.05, 0) is 66.0 Å². The van der Waals surface area contributed by atoms with Crippen molar-refractivity contribution in [3.8, 4) is 6.07 Å². The number of aliphatic hydroxyl groups excluding tert-OH is 1. The van der Waals surface area contributed by atoms with Crippen molar-refractivity contribution in [1.29, 1.82) is 5.26 Å². The summed E-state index contributed by atoms with van der Waals surface area (Å²) in [6, 6.07) is 2.91. The smallest absolute Gasteiger partial charge is 0.0683 e. The van der Waals surface area contributed by atoms with Crippen LogP contribution in [0.4, 0.5) is 0 Å². The van der Waals surface area contributed by atoms with E-state index in [2.05, 4.69) is 11.0 Å². The minimum atomic E-state index is -0.203. The van der Waals surface area contributed by atoms with E-state index in [1.807, 2.05) is 20.8 Å². The van der Waals surface area contributed by atoms with Gasteiger partial charge in [0.15, 0.2) is 0 Å². The topological polar surface area (TPSA) is 47.3 Å². The highest BCUT2D eigenvalue weighted by Gasteiger charge is 2.24. The second kappa shape index (κ2) is 7.11. The molecule has 18 heavy (non-hydrogen) atoms. The van der Waals surface area contributed by atoms with Crippen LogP contribution in [-0.2, 0) is 0 Å². The summed E-state index contributed by atoms with van der Waals surface area (Å²) >= 11 is 0. The fourth-order valence-corrected chi connectivity index (χ4v) is 2.80. The molecule has 0 aromatic carbocycles. The maximum Gasteiger partial charge on any atom is 0.0683 e.